The number of benzene rings is 1. The van der Waals surface area contributed by atoms with E-state index in [-0.39, 0.29) is 23.6 Å². The van der Waals surface area contributed by atoms with Crippen LogP contribution in [0.2, 0.25) is 0 Å². The van der Waals surface area contributed by atoms with E-state index >= 15 is 0 Å². The third kappa shape index (κ3) is 2.76. The SMILES string of the molecule is Cl.Cn1nc2c(c1C1=NC3=CC(c4ccccc4F)=CCC3=N1)CCC2(C)C. The van der Waals surface area contributed by atoms with Crippen LogP contribution in [-0.4, -0.2) is 21.3 Å². The number of nitrogens with zero attached hydrogens (tertiary/aromatic N) is 4. The van der Waals surface area contributed by atoms with Gasteiger partial charge in [0.2, 0.25) is 0 Å². The zero-order valence-corrected chi connectivity index (χ0v) is 17.0. The van der Waals surface area contributed by atoms with Gasteiger partial charge in [-0.1, -0.05) is 38.1 Å². The van der Waals surface area contributed by atoms with Crippen LogP contribution in [-0.2, 0) is 18.9 Å². The minimum absolute atomic E-state index is 0. The Bertz CT molecular complexity index is 1100. The van der Waals surface area contributed by atoms with E-state index in [1.807, 2.05) is 29.9 Å². The second-order valence-electron chi connectivity index (χ2n) is 8.05. The highest BCUT2D eigenvalue weighted by molar-refractivity contribution is 6.20. The minimum atomic E-state index is -0.213. The van der Waals surface area contributed by atoms with Crippen LogP contribution >= 0.6 is 12.4 Å². The molecule has 1 aromatic heterocycles. The first-order chi connectivity index (χ1) is 12.9. The lowest BCUT2D eigenvalue weighted by Crippen LogP contribution is -2.14. The fourth-order valence-electron chi connectivity index (χ4n) is 4.24. The van der Waals surface area contributed by atoms with Gasteiger partial charge in [0.15, 0.2) is 5.84 Å². The smallest absolute Gasteiger partial charge is 0.179 e. The van der Waals surface area contributed by atoms with E-state index in [2.05, 4.69) is 13.8 Å². The Labute approximate surface area is 170 Å². The number of fused-ring (bicyclic) bond motifs is 2. The highest BCUT2D eigenvalue weighted by Gasteiger charge is 2.37. The fraction of sp³-hybridized carbons (Fsp3) is 0.318. The lowest BCUT2D eigenvalue weighted by molar-refractivity contribution is 0.493. The molecule has 0 N–H and O–H groups in total. The quantitative estimate of drug-likeness (QED) is 0.720. The number of amidine groups is 1. The maximum Gasteiger partial charge on any atom is 0.179 e. The first kappa shape index (κ1) is 18.8. The molecule has 1 aromatic carbocycles. The van der Waals surface area contributed by atoms with Gasteiger partial charge in [-0.25, -0.2) is 14.4 Å². The molecule has 0 spiro atoms. The molecule has 2 aromatic rings. The van der Waals surface area contributed by atoms with Gasteiger partial charge in [-0.05, 0) is 30.6 Å². The Balaban J connectivity index is 0.00000192. The van der Waals surface area contributed by atoms with Crippen LogP contribution in [0.3, 0.4) is 0 Å². The van der Waals surface area contributed by atoms with Gasteiger partial charge in [0.05, 0.1) is 17.1 Å². The van der Waals surface area contributed by atoms with Crippen molar-refractivity contribution in [1.82, 2.24) is 9.78 Å². The van der Waals surface area contributed by atoms with Gasteiger partial charge in [0.1, 0.15) is 11.5 Å². The first-order valence-electron chi connectivity index (χ1n) is 9.34. The molecule has 0 fully saturated rings. The summed E-state index contributed by atoms with van der Waals surface area (Å²) in [6, 6.07) is 6.85. The molecule has 3 aliphatic rings. The van der Waals surface area contributed by atoms with Gasteiger partial charge in [0.25, 0.3) is 0 Å². The summed E-state index contributed by atoms with van der Waals surface area (Å²) in [7, 11) is 1.96. The second kappa shape index (κ2) is 6.52. The van der Waals surface area contributed by atoms with Crippen molar-refractivity contribution in [3.63, 3.8) is 0 Å². The van der Waals surface area contributed by atoms with Crippen molar-refractivity contribution in [3.05, 3.63) is 70.4 Å². The summed E-state index contributed by atoms with van der Waals surface area (Å²) in [5, 5.41) is 4.76. The molecule has 0 unspecified atom stereocenters. The summed E-state index contributed by atoms with van der Waals surface area (Å²) in [5.41, 5.74) is 6.80. The summed E-state index contributed by atoms with van der Waals surface area (Å²) in [5.74, 6) is 0.517. The van der Waals surface area contributed by atoms with Gasteiger partial charge in [-0.2, -0.15) is 5.10 Å². The van der Waals surface area contributed by atoms with E-state index < -0.39 is 0 Å². The topological polar surface area (TPSA) is 42.5 Å². The number of aryl methyl sites for hydroxylation is 1. The number of hydrogen-bond acceptors (Lipinski definition) is 3. The number of allylic oxidation sites excluding steroid dienone is 4. The molecule has 0 saturated carbocycles. The normalized spacial score (nSPS) is 19.1. The van der Waals surface area contributed by atoms with Crippen molar-refractivity contribution >= 4 is 29.5 Å². The van der Waals surface area contributed by atoms with Crippen LogP contribution in [0.25, 0.3) is 5.57 Å². The van der Waals surface area contributed by atoms with Crippen LogP contribution in [0.15, 0.2) is 52.1 Å². The third-order valence-corrected chi connectivity index (χ3v) is 5.75. The lowest BCUT2D eigenvalue weighted by Gasteiger charge is -2.15. The van der Waals surface area contributed by atoms with Crippen molar-refractivity contribution < 1.29 is 4.39 Å². The van der Waals surface area contributed by atoms with Crippen molar-refractivity contribution in [2.75, 3.05) is 0 Å². The van der Waals surface area contributed by atoms with Crippen LogP contribution in [0.1, 0.15) is 49.2 Å². The van der Waals surface area contributed by atoms with Gasteiger partial charge in [0, 0.05) is 30.0 Å². The average molecular weight is 397 g/mol. The number of halogens is 2. The van der Waals surface area contributed by atoms with E-state index in [0.717, 1.165) is 47.0 Å². The summed E-state index contributed by atoms with van der Waals surface area (Å²) in [6.45, 7) is 4.48. The third-order valence-electron chi connectivity index (χ3n) is 5.75. The van der Waals surface area contributed by atoms with Crippen LogP contribution in [0.4, 0.5) is 4.39 Å². The standard InChI is InChI=1S/C22H21FN4.ClH/c1-22(2)11-10-15-19(27(3)26-20(15)22)21-24-17-9-8-13(12-18(17)25-21)14-6-4-5-7-16(14)23;/h4-8,12H,9-11H2,1-3H3;1H. The molecule has 28 heavy (non-hydrogen) atoms. The summed E-state index contributed by atoms with van der Waals surface area (Å²) < 4.78 is 16.1. The molecule has 4 nitrogen and oxygen atoms in total. The van der Waals surface area contributed by atoms with Crippen LogP contribution in [0, 0.1) is 5.82 Å². The highest BCUT2D eigenvalue weighted by atomic mass is 35.5. The molecule has 0 radical (unpaired) electrons. The monoisotopic (exact) mass is 396 g/mol. The van der Waals surface area contributed by atoms with Crippen molar-refractivity contribution in [1.29, 1.82) is 0 Å². The molecule has 0 atom stereocenters. The van der Waals surface area contributed by atoms with Crippen LogP contribution < -0.4 is 0 Å². The minimum Gasteiger partial charge on any atom is -0.264 e. The number of aliphatic imine (C=N–C) groups is 2. The Kier molecular flexibility index (Phi) is 4.38. The van der Waals surface area contributed by atoms with Gasteiger partial charge in [-0.3, -0.25) is 4.68 Å². The molecule has 0 amide bonds. The lowest BCUT2D eigenvalue weighted by atomic mass is 9.91. The van der Waals surface area contributed by atoms with Crippen LogP contribution in [0.5, 0.6) is 0 Å². The molecule has 2 aliphatic carbocycles. The molecular weight excluding hydrogens is 375 g/mol. The molecular formula is C22H22ClFN4. The largest absolute Gasteiger partial charge is 0.264 e. The van der Waals surface area contributed by atoms with Crippen molar-refractivity contribution in [2.45, 2.75) is 38.5 Å². The molecule has 144 valence electrons. The molecule has 0 bridgehead atoms. The Morgan fingerprint density at radius 1 is 1.14 bits per heavy atom. The Morgan fingerprint density at radius 3 is 2.71 bits per heavy atom. The predicted octanol–water partition coefficient (Wildman–Crippen LogP) is 4.78. The van der Waals surface area contributed by atoms with Crippen molar-refractivity contribution in [3.8, 4) is 0 Å². The molecule has 0 saturated heterocycles. The van der Waals surface area contributed by atoms with Gasteiger partial charge < -0.3 is 0 Å². The van der Waals surface area contributed by atoms with E-state index in [4.69, 9.17) is 15.1 Å². The number of hydrogen-bond donors (Lipinski definition) is 0. The molecule has 1 aliphatic heterocycles. The van der Waals surface area contributed by atoms with E-state index in [9.17, 15) is 4.39 Å². The zero-order chi connectivity index (χ0) is 18.8. The number of aromatic nitrogens is 2. The highest BCUT2D eigenvalue weighted by Crippen LogP contribution is 2.40. The number of rotatable bonds is 2. The molecule has 2 heterocycles. The maximum absolute atomic E-state index is 14.1. The summed E-state index contributed by atoms with van der Waals surface area (Å²) in [4.78, 5) is 9.58. The second-order valence-corrected chi connectivity index (χ2v) is 8.05. The van der Waals surface area contributed by atoms with E-state index in [1.165, 1.54) is 11.6 Å². The van der Waals surface area contributed by atoms with Gasteiger partial charge >= 0.3 is 0 Å². The maximum atomic E-state index is 14.1. The molecule has 5 rings (SSSR count). The average Bonchev–Trinajstić information content (AvgIpc) is 3.27. The Hall–Kier alpha value is -2.53. The Morgan fingerprint density at radius 2 is 1.93 bits per heavy atom. The zero-order valence-electron chi connectivity index (χ0n) is 16.2. The van der Waals surface area contributed by atoms with Crippen molar-refractivity contribution in [2.24, 2.45) is 17.0 Å². The van der Waals surface area contributed by atoms with E-state index in [1.54, 1.807) is 12.1 Å². The predicted molar refractivity (Wildman–Crippen MR) is 113 cm³/mol. The summed E-state index contributed by atoms with van der Waals surface area (Å²) in [6.07, 6.45) is 6.73. The fourth-order valence-corrected chi connectivity index (χ4v) is 4.24. The van der Waals surface area contributed by atoms with E-state index in [0.29, 0.717) is 12.0 Å². The van der Waals surface area contributed by atoms with Gasteiger partial charge in [-0.15, -0.1) is 12.4 Å². The molecule has 6 heteroatoms. The summed E-state index contributed by atoms with van der Waals surface area (Å²) >= 11 is 0. The first-order valence-corrected chi connectivity index (χ1v) is 9.34.